The Hall–Kier alpha value is -1.12. The van der Waals surface area contributed by atoms with E-state index < -0.39 is 0 Å². The predicted octanol–water partition coefficient (Wildman–Crippen LogP) is 10.6. The Balaban J connectivity index is 0.00000968. The van der Waals surface area contributed by atoms with Gasteiger partial charge in [-0.2, -0.15) is 0 Å². The van der Waals surface area contributed by atoms with E-state index in [9.17, 15) is 0 Å². The van der Waals surface area contributed by atoms with Crippen LogP contribution in [0.25, 0.3) is 0 Å². The molecule has 0 saturated carbocycles. The minimum atomic E-state index is 0. The molecule has 0 amide bonds. The van der Waals surface area contributed by atoms with Gasteiger partial charge in [0.1, 0.15) is 13.1 Å². The summed E-state index contributed by atoms with van der Waals surface area (Å²) in [4.78, 5) is 0. The Kier molecular flexibility index (Phi) is 27.2. The fourth-order valence-corrected chi connectivity index (χ4v) is 7.00. The number of nitrogens with zero attached hydrogens (tertiary/aromatic N) is 1. The lowest BCUT2D eigenvalue weighted by molar-refractivity contribution is -0.954. The van der Waals surface area contributed by atoms with Crippen molar-refractivity contribution in [3.8, 4) is 0 Å². The molecule has 44 heavy (non-hydrogen) atoms. The van der Waals surface area contributed by atoms with Gasteiger partial charge in [-0.3, -0.25) is 0 Å². The van der Waals surface area contributed by atoms with Crippen LogP contribution in [0.1, 0.15) is 179 Å². The highest BCUT2D eigenvalue weighted by Gasteiger charge is 2.27. The number of unbranched alkanes of at least 4 members (excludes halogenated alkanes) is 22. The molecule has 0 radical (unpaired) electrons. The van der Waals surface area contributed by atoms with Gasteiger partial charge in [0.05, 0.1) is 13.1 Å². The molecule has 0 heterocycles. The summed E-state index contributed by atoms with van der Waals surface area (Å²) in [6.07, 6.45) is 34.2. The number of hydrogen-bond donors (Lipinski definition) is 0. The van der Waals surface area contributed by atoms with Crippen molar-refractivity contribution in [2.75, 3.05) is 13.1 Å². The van der Waals surface area contributed by atoms with Crippen molar-refractivity contribution in [1.82, 2.24) is 0 Å². The second-order valence-corrected chi connectivity index (χ2v) is 13.9. The molecule has 0 aromatic heterocycles. The van der Waals surface area contributed by atoms with Gasteiger partial charge in [0, 0.05) is 11.1 Å². The lowest BCUT2D eigenvalue weighted by atomic mass is 10.0. The van der Waals surface area contributed by atoms with Gasteiger partial charge in [-0.15, -0.1) is 0 Å². The summed E-state index contributed by atoms with van der Waals surface area (Å²) in [7, 11) is 0. The Bertz CT molecular complexity index is 764. The van der Waals surface area contributed by atoms with Crippen LogP contribution >= 0.6 is 0 Å². The number of rotatable bonds is 30. The molecular formula is C42H72BrN. The maximum absolute atomic E-state index is 2.36. The van der Waals surface area contributed by atoms with Gasteiger partial charge in [-0.1, -0.05) is 203 Å². The summed E-state index contributed by atoms with van der Waals surface area (Å²) in [6.45, 7) is 9.60. The molecule has 2 aromatic rings. The average Bonchev–Trinajstić information content (AvgIpc) is 3.03. The third-order valence-corrected chi connectivity index (χ3v) is 9.69. The van der Waals surface area contributed by atoms with Crippen LogP contribution in [0.3, 0.4) is 0 Å². The maximum atomic E-state index is 2.36. The summed E-state index contributed by atoms with van der Waals surface area (Å²) >= 11 is 0. The third kappa shape index (κ3) is 21.6. The topological polar surface area (TPSA) is 0 Å². The lowest BCUT2D eigenvalue weighted by Gasteiger charge is -2.39. The minimum absolute atomic E-state index is 0. The molecule has 0 aliphatic heterocycles. The Morgan fingerprint density at radius 2 is 0.591 bits per heavy atom. The zero-order chi connectivity index (χ0) is 30.5. The van der Waals surface area contributed by atoms with Crippen LogP contribution in [-0.2, 0) is 13.1 Å². The monoisotopic (exact) mass is 669 g/mol. The zero-order valence-corrected chi connectivity index (χ0v) is 31.0. The smallest absolute Gasteiger partial charge is 0.105 e. The standard InChI is InChI=1S/C42H72N.BrH/c1-3-5-7-9-11-13-15-17-19-21-23-31-37-43(39-41-33-27-25-28-34-41,40-42-35-29-26-30-36-42)38-32-24-22-20-18-16-14-12-10-8-6-4-2;/h25-30,33-36H,3-24,31-32,37-40H2,1-2H3;1H/q+1;/p-1. The largest absolute Gasteiger partial charge is 1.00 e. The lowest BCUT2D eigenvalue weighted by Crippen LogP contribution is -3.00. The summed E-state index contributed by atoms with van der Waals surface area (Å²) in [5, 5.41) is 0. The van der Waals surface area contributed by atoms with Crippen molar-refractivity contribution in [2.24, 2.45) is 0 Å². The maximum Gasteiger partial charge on any atom is 0.105 e. The molecule has 0 N–H and O–H groups in total. The van der Waals surface area contributed by atoms with Crippen LogP contribution in [0.4, 0.5) is 0 Å². The Morgan fingerprint density at radius 1 is 0.341 bits per heavy atom. The molecule has 1 nitrogen and oxygen atoms in total. The summed E-state index contributed by atoms with van der Waals surface area (Å²) in [6, 6.07) is 22.7. The highest BCUT2D eigenvalue weighted by Crippen LogP contribution is 2.24. The fraction of sp³-hybridized carbons (Fsp3) is 0.714. The molecule has 0 spiro atoms. The van der Waals surface area contributed by atoms with Crippen molar-refractivity contribution in [3.63, 3.8) is 0 Å². The third-order valence-electron chi connectivity index (χ3n) is 9.69. The fourth-order valence-electron chi connectivity index (χ4n) is 7.00. The second-order valence-electron chi connectivity index (χ2n) is 13.9. The van der Waals surface area contributed by atoms with Crippen LogP contribution < -0.4 is 17.0 Å². The second kappa shape index (κ2) is 29.3. The first kappa shape index (κ1) is 40.9. The number of benzene rings is 2. The van der Waals surface area contributed by atoms with E-state index in [-0.39, 0.29) is 17.0 Å². The molecular weight excluding hydrogens is 598 g/mol. The molecule has 0 unspecified atom stereocenters. The van der Waals surface area contributed by atoms with E-state index in [2.05, 4.69) is 74.5 Å². The minimum Gasteiger partial charge on any atom is -1.00 e. The van der Waals surface area contributed by atoms with Gasteiger partial charge >= 0.3 is 0 Å². The van der Waals surface area contributed by atoms with E-state index in [4.69, 9.17) is 0 Å². The van der Waals surface area contributed by atoms with Crippen molar-refractivity contribution in [2.45, 2.75) is 181 Å². The van der Waals surface area contributed by atoms with Crippen molar-refractivity contribution < 1.29 is 21.5 Å². The zero-order valence-electron chi connectivity index (χ0n) is 29.4. The SMILES string of the molecule is CCCCCCCCCCCCCC[N+](CCCCCCCCCCCCCC)(Cc1ccccc1)Cc1ccccc1.[Br-]. The van der Waals surface area contributed by atoms with Crippen LogP contribution in [0, 0.1) is 0 Å². The molecule has 0 aliphatic rings. The van der Waals surface area contributed by atoms with Crippen LogP contribution in [0.2, 0.25) is 0 Å². The molecule has 2 aromatic carbocycles. The molecule has 2 heteroatoms. The van der Waals surface area contributed by atoms with Crippen molar-refractivity contribution in [1.29, 1.82) is 0 Å². The number of hydrogen-bond acceptors (Lipinski definition) is 0. The van der Waals surface area contributed by atoms with Crippen LogP contribution in [0.5, 0.6) is 0 Å². The van der Waals surface area contributed by atoms with E-state index in [1.54, 1.807) is 0 Å². The number of halogens is 1. The van der Waals surface area contributed by atoms with Gasteiger partial charge in [-0.25, -0.2) is 0 Å². The molecule has 0 saturated heterocycles. The van der Waals surface area contributed by atoms with Crippen molar-refractivity contribution in [3.05, 3.63) is 71.8 Å². The quantitative estimate of drug-likeness (QED) is 0.0573. The molecule has 252 valence electrons. The van der Waals surface area contributed by atoms with Crippen LogP contribution in [0.15, 0.2) is 60.7 Å². The van der Waals surface area contributed by atoms with Crippen LogP contribution in [-0.4, -0.2) is 17.6 Å². The molecule has 2 rings (SSSR count). The van der Waals surface area contributed by atoms with E-state index >= 15 is 0 Å². The van der Waals surface area contributed by atoms with Gasteiger partial charge in [0.15, 0.2) is 0 Å². The first-order valence-corrected chi connectivity index (χ1v) is 19.2. The predicted molar refractivity (Wildman–Crippen MR) is 192 cm³/mol. The normalized spacial score (nSPS) is 11.5. The Labute approximate surface area is 286 Å². The first-order chi connectivity index (χ1) is 21.3. The van der Waals surface area contributed by atoms with E-state index in [0.29, 0.717) is 0 Å². The molecule has 0 atom stereocenters. The highest BCUT2D eigenvalue weighted by atomic mass is 79.9. The van der Waals surface area contributed by atoms with Gasteiger partial charge in [0.25, 0.3) is 0 Å². The first-order valence-electron chi connectivity index (χ1n) is 19.2. The van der Waals surface area contributed by atoms with Gasteiger partial charge in [0.2, 0.25) is 0 Å². The molecule has 0 fully saturated rings. The van der Waals surface area contributed by atoms with E-state index in [1.165, 1.54) is 196 Å². The molecule has 0 bridgehead atoms. The average molecular weight is 671 g/mol. The van der Waals surface area contributed by atoms with E-state index in [0.717, 1.165) is 0 Å². The highest BCUT2D eigenvalue weighted by molar-refractivity contribution is 5.15. The molecule has 0 aliphatic carbocycles. The van der Waals surface area contributed by atoms with E-state index in [1.807, 2.05) is 0 Å². The summed E-state index contributed by atoms with van der Waals surface area (Å²) in [5.41, 5.74) is 3.02. The summed E-state index contributed by atoms with van der Waals surface area (Å²) in [5.74, 6) is 0. The van der Waals surface area contributed by atoms with Gasteiger partial charge in [-0.05, 0) is 25.7 Å². The van der Waals surface area contributed by atoms with Gasteiger partial charge < -0.3 is 21.5 Å². The Morgan fingerprint density at radius 3 is 0.864 bits per heavy atom. The van der Waals surface area contributed by atoms with Crippen molar-refractivity contribution >= 4 is 0 Å². The number of quaternary nitrogens is 1. The summed E-state index contributed by atoms with van der Waals surface area (Å²) < 4.78 is 1.23.